The van der Waals surface area contributed by atoms with Crippen molar-refractivity contribution in [1.82, 2.24) is 4.98 Å². The van der Waals surface area contributed by atoms with Crippen LogP contribution in [0.3, 0.4) is 0 Å². The van der Waals surface area contributed by atoms with Crippen molar-refractivity contribution in [3.8, 4) is 22.4 Å². The van der Waals surface area contributed by atoms with Crippen LogP contribution in [0.1, 0.15) is 24.5 Å². The number of aromatic nitrogens is 1. The molecule has 0 spiro atoms. The molecular formula is C23H22FNO2P. The van der Waals surface area contributed by atoms with E-state index in [2.05, 4.69) is 4.98 Å². The average Bonchev–Trinajstić information content (AvgIpc) is 2.73. The zero-order valence-corrected chi connectivity index (χ0v) is 17.0. The summed E-state index contributed by atoms with van der Waals surface area (Å²) in [6.45, 7) is 3.97. The van der Waals surface area contributed by atoms with E-state index in [1.807, 2.05) is 50.3 Å². The van der Waals surface area contributed by atoms with Crippen LogP contribution in [0.5, 0.6) is 0 Å². The van der Waals surface area contributed by atoms with Crippen LogP contribution in [0, 0.1) is 12.7 Å². The molecule has 0 bridgehead atoms. The Morgan fingerprint density at radius 1 is 1.11 bits per heavy atom. The molecule has 0 aliphatic carbocycles. The quantitative estimate of drug-likeness (QED) is 0.422. The van der Waals surface area contributed by atoms with Gasteiger partial charge in [-0.25, -0.2) is 4.39 Å². The average molecular weight is 394 g/mol. The van der Waals surface area contributed by atoms with Crippen molar-refractivity contribution in [1.29, 1.82) is 0 Å². The molecule has 0 aliphatic rings. The van der Waals surface area contributed by atoms with Crippen molar-refractivity contribution in [2.45, 2.75) is 20.3 Å². The third-order valence-corrected chi connectivity index (χ3v) is 5.69. The fourth-order valence-electron chi connectivity index (χ4n) is 3.26. The fourth-order valence-corrected chi connectivity index (χ4v) is 4.15. The molecule has 3 rings (SSSR count). The fraction of sp³-hybridized carbons (Fsp3) is 0.174. The molecule has 3 aromatic rings. The number of allylic oxidation sites excluding steroid dienone is 1. The monoisotopic (exact) mass is 394 g/mol. The van der Waals surface area contributed by atoms with Crippen molar-refractivity contribution in [2.24, 2.45) is 0 Å². The first-order valence-corrected chi connectivity index (χ1v) is 10.3. The summed E-state index contributed by atoms with van der Waals surface area (Å²) in [4.78, 5) is 4.67. The lowest BCUT2D eigenvalue weighted by atomic mass is 9.92. The van der Waals surface area contributed by atoms with Crippen LogP contribution in [-0.2, 0) is 9.09 Å². The van der Waals surface area contributed by atoms with Crippen molar-refractivity contribution >= 4 is 13.3 Å². The van der Waals surface area contributed by atoms with Gasteiger partial charge in [0, 0.05) is 24.4 Å². The largest absolute Gasteiger partial charge is 0.304 e. The zero-order chi connectivity index (χ0) is 20.1. The van der Waals surface area contributed by atoms with E-state index in [0.29, 0.717) is 11.7 Å². The van der Waals surface area contributed by atoms with Crippen LogP contribution >= 0.6 is 8.03 Å². The summed E-state index contributed by atoms with van der Waals surface area (Å²) in [6.07, 6.45) is 4.34. The molecule has 0 saturated heterocycles. The third kappa shape index (κ3) is 4.09. The molecule has 1 radical (unpaired) electrons. The van der Waals surface area contributed by atoms with E-state index in [0.717, 1.165) is 33.5 Å². The van der Waals surface area contributed by atoms with Crippen LogP contribution in [0.2, 0.25) is 0 Å². The predicted octanol–water partition coefficient (Wildman–Crippen LogP) is 7.00. The van der Waals surface area contributed by atoms with E-state index < -0.39 is 8.03 Å². The topological polar surface area (TPSA) is 39.2 Å². The molecular weight excluding hydrogens is 372 g/mol. The molecule has 1 aromatic heterocycles. The van der Waals surface area contributed by atoms with E-state index in [4.69, 9.17) is 4.52 Å². The van der Waals surface area contributed by atoms with Gasteiger partial charge in [-0.15, -0.1) is 0 Å². The third-order valence-electron chi connectivity index (χ3n) is 4.54. The summed E-state index contributed by atoms with van der Waals surface area (Å²) in [7, 11) is -0.587. The van der Waals surface area contributed by atoms with Crippen molar-refractivity contribution in [3.63, 3.8) is 0 Å². The van der Waals surface area contributed by atoms with Crippen LogP contribution < -0.4 is 0 Å². The maximum Gasteiger partial charge on any atom is 0.246 e. The highest BCUT2D eigenvalue weighted by Gasteiger charge is 2.20. The maximum absolute atomic E-state index is 13.5. The molecule has 3 nitrogen and oxygen atoms in total. The lowest BCUT2D eigenvalue weighted by Gasteiger charge is -2.17. The lowest BCUT2D eigenvalue weighted by Crippen LogP contribution is -1.98. The zero-order valence-electron chi connectivity index (χ0n) is 16.1. The Hall–Kier alpha value is -2.68. The minimum Gasteiger partial charge on any atom is -0.304 e. The van der Waals surface area contributed by atoms with Crippen molar-refractivity contribution in [3.05, 3.63) is 83.8 Å². The Morgan fingerprint density at radius 2 is 1.79 bits per heavy atom. The second-order valence-corrected chi connectivity index (χ2v) is 7.69. The van der Waals surface area contributed by atoms with E-state index in [9.17, 15) is 8.96 Å². The van der Waals surface area contributed by atoms with Gasteiger partial charge in [0.15, 0.2) is 0 Å². The molecule has 5 heteroatoms. The minimum absolute atomic E-state index is 0.299. The summed E-state index contributed by atoms with van der Waals surface area (Å²) >= 11 is 0. The van der Waals surface area contributed by atoms with Gasteiger partial charge in [-0.2, -0.15) is 0 Å². The molecule has 2 aromatic carbocycles. The van der Waals surface area contributed by atoms with Gasteiger partial charge in [0.25, 0.3) is 0 Å². The summed E-state index contributed by atoms with van der Waals surface area (Å²) < 4.78 is 31.2. The van der Waals surface area contributed by atoms with Gasteiger partial charge in [0.1, 0.15) is 5.82 Å². The number of benzene rings is 2. The number of hydrogen-bond acceptors (Lipinski definition) is 3. The Bertz CT molecular complexity index is 1010. The molecule has 0 fully saturated rings. The van der Waals surface area contributed by atoms with E-state index in [1.54, 1.807) is 18.3 Å². The van der Waals surface area contributed by atoms with Gasteiger partial charge in [-0.1, -0.05) is 55.5 Å². The molecule has 1 heterocycles. The number of nitrogens with zero attached hydrogens (tertiary/aromatic N) is 1. The highest BCUT2D eigenvalue weighted by Crippen LogP contribution is 2.46. The van der Waals surface area contributed by atoms with Crippen LogP contribution in [0.15, 0.2) is 66.9 Å². The van der Waals surface area contributed by atoms with Gasteiger partial charge in [0.05, 0.1) is 11.0 Å². The lowest BCUT2D eigenvalue weighted by molar-refractivity contribution is 0.424. The van der Waals surface area contributed by atoms with Crippen molar-refractivity contribution < 1.29 is 13.5 Å². The first kappa shape index (κ1) is 20.1. The van der Waals surface area contributed by atoms with Gasteiger partial charge < -0.3 is 4.52 Å². The van der Waals surface area contributed by atoms with Gasteiger partial charge in [-0.05, 0) is 42.2 Å². The Morgan fingerprint density at radius 3 is 2.39 bits per heavy atom. The molecule has 1 atom stereocenters. The van der Waals surface area contributed by atoms with Gasteiger partial charge in [0.2, 0.25) is 8.03 Å². The highest BCUT2D eigenvalue weighted by molar-refractivity contribution is 7.51. The second-order valence-electron chi connectivity index (χ2n) is 6.33. The van der Waals surface area contributed by atoms with E-state index in [-0.39, 0.29) is 5.82 Å². The Kier molecular flexibility index (Phi) is 6.45. The summed E-state index contributed by atoms with van der Waals surface area (Å²) in [5.41, 5.74) is 5.24. The molecule has 143 valence electrons. The predicted molar refractivity (Wildman–Crippen MR) is 113 cm³/mol. The standard InChI is InChI=1S/C23H22FNO2P/c1-4-8-21(28(26)27-3)20-15-25-23(18-9-6-5-7-10-18)16(2)22(20)17-11-13-19(24)14-12-17/h5-15H,4H2,1-3H3. The maximum atomic E-state index is 13.5. The SMILES string of the molecule is CCC=C(c1cnc(-c2ccccc2)c(C)c1-c1ccc(F)cc1)[P](=O)OC. The van der Waals surface area contributed by atoms with Gasteiger partial charge in [-0.3, -0.25) is 9.55 Å². The molecule has 0 N–H and O–H groups in total. The number of hydrogen-bond donors (Lipinski definition) is 0. The highest BCUT2D eigenvalue weighted by atomic mass is 31.1. The normalized spacial score (nSPS) is 12.1. The molecule has 1 unspecified atom stereocenters. The van der Waals surface area contributed by atoms with Crippen LogP contribution in [0.25, 0.3) is 27.7 Å². The van der Waals surface area contributed by atoms with Crippen LogP contribution in [-0.4, -0.2) is 12.1 Å². The first-order chi connectivity index (χ1) is 13.6. The number of halogens is 1. The van der Waals surface area contributed by atoms with Crippen molar-refractivity contribution in [2.75, 3.05) is 7.11 Å². The van der Waals surface area contributed by atoms with Gasteiger partial charge >= 0.3 is 0 Å². The summed E-state index contributed by atoms with van der Waals surface area (Å²) in [5.74, 6) is -0.299. The van der Waals surface area contributed by atoms with E-state index >= 15 is 0 Å². The summed E-state index contributed by atoms with van der Waals surface area (Å²) in [6, 6.07) is 16.2. The molecule has 0 aliphatic heterocycles. The van der Waals surface area contributed by atoms with E-state index in [1.165, 1.54) is 19.2 Å². The number of pyridine rings is 1. The Labute approximate surface area is 165 Å². The Balaban J connectivity index is 2.31. The first-order valence-electron chi connectivity index (χ1n) is 9.09. The molecule has 0 saturated carbocycles. The molecule has 28 heavy (non-hydrogen) atoms. The molecule has 0 amide bonds. The second kappa shape index (κ2) is 9.01. The number of rotatable bonds is 6. The smallest absolute Gasteiger partial charge is 0.246 e. The van der Waals surface area contributed by atoms with Crippen LogP contribution in [0.4, 0.5) is 4.39 Å². The summed E-state index contributed by atoms with van der Waals surface area (Å²) in [5, 5.41) is 0.606. The minimum atomic E-state index is -2.02.